The molecular weight excluding hydrogens is 272 g/mol. The quantitative estimate of drug-likeness (QED) is 0.534. The Balaban J connectivity index is 2.76. The Bertz CT molecular complexity index is 364. The second kappa shape index (κ2) is 8.35. The Morgan fingerprint density at radius 2 is 1.80 bits per heavy atom. The van der Waals surface area contributed by atoms with Gasteiger partial charge in [0.25, 0.3) is 0 Å². The summed E-state index contributed by atoms with van der Waals surface area (Å²) in [7, 11) is -2.92. The third-order valence-corrected chi connectivity index (χ3v) is 6.44. The van der Waals surface area contributed by atoms with Crippen LogP contribution in [0.15, 0.2) is 0 Å². The summed E-state index contributed by atoms with van der Waals surface area (Å²) in [5.74, 6) is 6.79. The van der Waals surface area contributed by atoms with Gasteiger partial charge in [-0.05, 0) is 43.9 Å². The van der Waals surface area contributed by atoms with E-state index in [0.717, 1.165) is 38.5 Å². The lowest BCUT2D eigenvalue weighted by atomic mass is 9.76. The SMILES string of the molecule is CCCC(CCC)C(NN)C1CCCC(S(C)(=O)=O)C1. The Kier molecular flexibility index (Phi) is 7.48. The topological polar surface area (TPSA) is 72.2 Å². The minimum atomic E-state index is -2.92. The lowest BCUT2D eigenvalue weighted by Crippen LogP contribution is -2.48. The van der Waals surface area contributed by atoms with Gasteiger partial charge in [-0.1, -0.05) is 33.1 Å². The van der Waals surface area contributed by atoms with E-state index in [4.69, 9.17) is 5.84 Å². The lowest BCUT2D eigenvalue weighted by Gasteiger charge is -2.37. The van der Waals surface area contributed by atoms with Crippen LogP contribution in [0, 0.1) is 11.8 Å². The largest absolute Gasteiger partial charge is 0.271 e. The number of nitrogens with one attached hydrogen (secondary N) is 1. The van der Waals surface area contributed by atoms with Gasteiger partial charge in [0.15, 0.2) is 0 Å². The summed E-state index contributed by atoms with van der Waals surface area (Å²) < 4.78 is 23.6. The van der Waals surface area contributed by atoms with Crippen molar-refractivity contribution >= 4 is 9.84 Å². The van der Waals surface area contributed by atoms with Gasteiger partial charge in [-0.25, -0.2) is 8.42 Å². The molecule has 0 saturated heterocycles. The van der Waals surface area contributed by atoms with Gasteiger partial charge >= 0.3 is 0 Å². The van der Waals surface area contributed by atoms with Crippen LogP contribution in [0.2, 0.25) is 0 Å². The van der Waals surface area contributed by atoms with Crippen LogP contribution in [0.1, 0.15) is 65.2 Å². The first kappa shape index (κ1) is 17.9. The van der Waals surface area contributed by atoms with Crippen molar-refractivity contribution in [2.24, 2.45) is 17.7 Å². The second-order valence-corrected chi connectivity index (χ2v) is 8.73. The number of sulfone groups is 1. The van der Waals surface area contributed by atoms with Crippen molar-refractivity contribution in [3.63, 3.8) is 0 Å². The van der Waals surface area contributed by atoms with Crippen molar-refractivity contribution in [1.29, 1.82) is 0 Å². The number of nitrogens with two attached hydrogens (primary N) is 1. The van der Waals surface area contributed by atoms with Crippen molar-refractivity contribution in [3.8, 4) is 0 Å². The maximum Gasteiger partial charge on any atom is 0.150 e. The summed E-state index contributed by atoms with van der Waals surface area (Å²) >= 11 is 0. The summed E-state index contributed by atoms with van der Waals surface area (Å²) in [6.07, 6.45) is 9.73. The van der Waals surface area contributed by atoms with E-state index in [1.54, 1.807) is 0 Å². The molecule has 0 spiro atoms. The molecule has 0 amide bonds. The van der Waals surface area contributed by atoms with Gasteiger partial charge in [0.1, 0.15) is 9.84 Å². The molecule has 1 aliphatic rings. The highest BCUT2D eigenvalue weighted by Crippen LogP contribution is 2.35. The van der Waals surface area contributed by atoms with E-state index in [-0.39, 0.29) is 11.3 Å². The fourth-order valence-corrected chi connectivity index (χ4v) is 4.99. The number of hydrogen-bond acceptors (Lipinski definition) is 4. The summed E-state index contributed by atoms with van der Waals surface area (Å²) in [6, 6.07) is 0.263. The summed E-state index contributed by atoms with van der Waals surface area (Å²) in [6.45, 7) is 4.41. The van der Waals surface area contributed by atoms with E-state index in [2.05, 4.69) is 19.3 Å². The molecular formula is C15H32N2O2S. The first-order chi connectivity index (χ1) is 9.43. The van der Waals surface area contributed by atoms with E-state index in [0.29, 0.717) is 11.8 Å². The Morgan fingerprint density at radius 3 is 2.25 bits per heavy atom. The zero-order valence-corrected chi connectivity index (χ0v) is 14.1. The Hall–Kier alpha value is -0.130. The lowest BCUT2D eigenvalue weighted by molar-refractivity contribution is 0.191. The second-order valence-electron chi connectivity index (χ2n) is 6.41. The minimum absolute atomic E-state index is 0.166. The van der Waals surface area contributed by atoms with Crippen molar-refractivity contribution in [3.05, 3.63) is 0 Å². The van der Waals surface area contributed by atoms with Crippen molar-refractivity contribution in [1.82, 2.24) is 5.43 Å². The van der Waals surface area contributed by atoms with E-state index in [9.17, 15) is 8.42 Å². The minimum Gasteiger partial charge on any atom is -0.271 e. The molecule has 3 atom stereocenters. The molecule has 0 aromatic carbocycles. The highest BCUT2D eigenvalue weighted by atomic mass is 32.2. The molecule has 0 bridgehead atoms. The molecule has 4 nitrogen and oxygen atoms in total. The maximum absolute atomic E-state index is 11.8. The van der Waals surface area contributed by atoms with Crippen LogP contribution in [-0.2, 0) is 9.84 Å². The number of rotatable bonds is 8. The molecule has 20 heavy (non-hydrogen) atoms. The molecule has 0 aromatic heterocycles. The van der Waals surface area contributed by atoms with Crippen molar-refractivity contribution in [2.45, 2.75) is 76.5 Å². The monoisotopic (exact) mass is 304 g/mol. The van der Waals surface area contributed by atoms with Gasteiger partial charge < -0.3 is 0 Å². The smallest absolute Gasteiger partial charge is 0.150 e. The highest BCUT2D eigenvalue weighted by Gasteiger charge is 2.35. The van der Waals surface area contributed by atoms with Gasteiger partial charge in [-0.2, -0.15) is 0 Å². The molecule has 1 saturated carbocycles. The maximum atomic E-state index is 11.8. The standard InChI is InChI=1S/C15H32N2O2S/c1-4-7-12(8-5-2)15(17-16)13-9-6-10-14(11-13)20(3,18)19/h12-15,17H,4-11,16H2,1-3H3. The third kappa shape index (κ3) is 5.01. The summed E-state index contributed by atoms with van der Waals surface area (Å²) in [5.41, 5.74) is 3.02. The van der Waals surface area contributed by atoms with Crippen molar-refractivity contribution in [2.75, 3.05) is 6.26 Å². The predicted molar refractivity (Wildman–Crippen MR) is 85.0 cm³/mol. The molecule has 120 valence electrons. The zero-order valence-electron chi connectivity index (χ0n) is 13.3. The van der Waals surface area contributed by atoms with Gasteiger partial charge in [0.05, 0.1) is 5.25 Å². The first-order valence-corrected chi connectivity index (χ1v) is 10.0. The van der Waals surface area contributed by atoms with Gasteiger partial charge in [-0.3, -0.25) is 11.3 Å². The van der Waals surface area contributed by atoms with E-state index >= 15 is 0 Å². The zero-order chi connectivity index (χ0) is 15.2. The molecule has 5 heteroatoms. The van der Waals surface area contributed by atoms with Gasteiger partial charge in [0.2, 0.25) is 0 Å². The molecule has 1 rings (SSSR count). The Labute approximate surface area is 124 Å². The van der Waals surface area contributed by atoms with Gasteiger partial charge in [-0.15, -0.1) is 0 Å². The van der Waals surface area contributed by atoms with Crippen LogP contribution in [0.4, 0.5) is 0 Å². The van der Waals surface area contributed by atoms with E-state index in [1.165, 1.54) is 19.1 Å². The number of hydrogen-bond donors (Lipinski definition) is 2. The predicted octanol–water partition coefficient (Wildman–Crippen LogP) is 2.64. The van der Waals surface area contributed by atoms with Crippen LogP contribution < -0.4 is 11.3 Å². The fraction of sp³-hybridized carbons (Fsp3) is 1.00. The number of hydrazine groups is 1. The summed E-state index contributed by atoms with van der Waals surface area (Å²) in [4.78, 5) is 0. The Morgan fingerprint density at radius 1 is 1.20 bits per heavy atom. The first-order valence-electron chi connectivity index (χ1n) is 8.09. The molecule has 3 unspecified atom stereocenters. The molecule has 1 fully saturated rings. The van der Waals surface area contributed by atoms with Crippen LogP contribution in [0.5, 0.6) is 0 Å². The van der Waals surface area contributed by atoms with Crippen LogP contribution in [0.3, 0.4) is 0 Å². The highest BCUT2D eigenvalue weighted by molar-refractivity contribution is 7.91. The summed E-state index contributed by atoms with van der Waals surface area (Å²) in [5, 5.41) is -0.166. The molecule has 0 heterocycles. The van der Waals surface area contributed by atoms with Crippen LogP contribution in [-0.4, -0.2) is 26.0 Å². The van der Waals surface area contributed by atoms with Gasteiger partial charge in [0, 0.05) is 12.3 Å². The molecule has 3 N–H and O–H groups in total. The third-order valence-electron chi connectivity index (χ3n) is 4.80. The van der Waals surface area contributed by atoms with Crippen molar-refractivity contribution < 1.29 is 8.42 Å². The van der Waals surface area contributed by atoms with Crippen LogP contribution in [0.25, 0.3) is 0 Å². The molecule has 0 aliphatic heterocycles. The normalized spacial score (nSPS) is 25.9. The molecule has 1 aliphatic carbocycles. The van der Waals surface area contributed by atoms with E-state index < -0.39 is 9.84 Å². The van der Waals surface area contributed by atoms with Crippen LogP contribution >= 0.6 is 0 Å². The average Bonchev–Trinajstić information content (AvgIpc) is 2.39. The average molecular weight is 305 g/mol. The molecule has 0 aromatic rings. The van der Waals surface area contributed by atoms with E-state index in [1.807, 2.05) is 0 Å². The molecule has 0 radical (unpaired) electrons. The fourth-order valence-electron chi connectivity index (χ4n) is 3.80.